The van der Waals surface area contributed by atoms with Gasteiger partial charge in [0.15, 0.2) is 6.04 Å². The molecule has 6 atom stereocenters. The molecule has 4 aliphatic rings. The summed E-state index contributed by atoms with van der Waals surface area (Å²) in [6.07, 6.45) is 6.47. The molecular formula is C21H33N3O6+2. The highest BCUT2D eigenvalue weighted by atomic mass is 16.6. The van der Waals surface area contributed by atoms with Gasteiger partial charge in [-0.15, -0.1) is 0 Å². The van der Waals surface area contributed by atoms with Crippen LogP contribution >= 0.6 is 0 Å². The van der Waals surface area contributed by atoms with Crippen molar-refractivity contribution >= 4 is 23.9 Å². The number of amides is 2. The SMILES string of the molecule is [NH3+]C(=O)[C@@H]1CCC[N+]1=C(O)[C@H](CCC[C@@H]1C[C@@H]1C(=O)O)NC(=O)OC1CC2CC2C1. The molecule has 1 heterocycles. The minimum absolute atomic E-state index is 0.0219. The van der Waals surface area contributed by atoms with Crippen molar-refractivity contribution in [3.05, 3.63) is 0 Å². The lowest BCUT2D eigenvalue weighted by atomic mass is 10.1. The van der Waals surface area contributed by atoms with Crippen molar-refractivity contribution in [3.8, 4) is 0 Å². The van der Waals surface area contributed by atoms with Crippen LogP contribution in [0.25, 0.3) is 0 Å². The van der Waals surface area contributed by atoms with E-state index >= 15 is 0 Å². The van der Waals surface area contributed by atoms with Gasteiger partial charge < -0.3 is 20.3 Å². The molecular weight excluding hydrogens is 390 g/mol. The zero-order valence-corrected chi connectivity index (χ0v) is 17.3. The molecule has 0 aromatic carbocycles. The molecule has 0 aromatic rings. The fraction of sp³-hybridized carbons (Fsp3) is 0.810. The van der Waals surface area contributed by atoms with Crippen molar-refractivity contribution in [2.75, 3.05) is 6.54 Å². The molecule has 0 aromatic heterocycles. The van der Waals surface area contributed by atoms with Crippen molar-refractivity contribution in [3.63, 3.8) is 0 Å². The molecule has 6 N–H and O–H groups in total. The monoisotopic (exact) mass is 423 g/mol. The minimum atomic E-state index is -0.754. The molecule has 4 rings (SSSR count). The largest absolute Gasteiger partial charge is 0.481 e. The Kier molecular flexibility index (Phi) is 5.99. The lowest BCUT2D eigenvalue weighted by Gasteiger charge is -2.19. The highest BCUT2D eigenvalue weighted by Gasteiger charge is 2.48. The molecule has 2 unspecified atom stereocenters. The molecule has 9 heteroatoms. The smallest absolute Gasteiger partial charge is 0.408 e. The van der Waals surface area contributed by atoms with Crippen LogP contribution in [0.1, 0.15) is 57.8 Å². The number of nitrogens with zero attached hydrogens (tertiary/aromatic N) is 1. The summed E-state index contributed by atoms with van der Waals surface area (Å²) in [5.41, 5.74) is 3.50. The number of rotatable bonds is 9. The molecule has 0 radical (unpaired) electrons. The number of nitrogens with one attached hydrogen (secondary N) is 1. The van der Waals surface area contributed by atoms with Gasteiger partial charge in [-0.1, -0.05) is 6.42 Å². The van der Waals surface area contributed by atoms with Crippen LogP contribution in [0, 0.1) is 23.7 Å². The molecule has 9 nitrogen and oxygen atoms in total. The van der Waals surface area contributed by atoms with Gasteiger partial charge in [0.25, 0.3) is 6.04 Å². The molecule has 3 aliphatic carbocycles. The Morgan fingerprint density at radius 3 is 2.50 bits per heavy atom. The Balaban J connectivity index is 1.37. The number of alkyl carbamates (subject to hydrolysis) is 1. The Labute approximate surface area is 175 Å². The van der Waals surface area contributed by atoms with E-state index in [1.54, 1.807) is 4.58 Å². The first-order valence-electron chi connectivity index (χ1n) is 11.2. The van der Waals surface area contributed by atoms with Crippen LogP contribution in [0.4, 0.5) is 4.79 Å². The van der Waals surface area contributed by atoms with Gasteiger partial charge in [0.2, 0.25) is 0 Å². The second kappa shape index (κ2) is 8.53. The number of fused-ring (bicyclic) bond motifs is 1. The van der Waals surface area contributed by atoms with Crippen LogP contribution in [0.2, 0.25) is 0 Å². The first-order chi connectivity index (χ1) is 14.3. The number of carboxylic acids is 1. The van der Waals surface area contributed by atoms with Gasteiger partial charge in [0, 0.05) is 12.8 Å². The number of aliphatic hydroxyl groups is 1. The number of aliphatic hydroxyl groups excluding tert-OH is 1. The predicted octanol–water partition coefficient (Wildman–Crippen LogP) is 0.671. The van der Waals surface area contributed by atoms with E-state index in [0.717, 1.165) is 25.7 Å². The van der Waals surface area contributed by atoms with Crippen molar-refractivity contribution in [1.29, 1.82) is 0 Å². The number of ether oxygens (including phenoxy) is 1. The second-order valence-corrected chi connectivity index (χ2v) is 9.50. The van der Waals surface area contributed by atoms with E-state index in [1.165, 1.54) is 6.42 Å². The number of carbonyl (C=O) groups excluding carboxylic acids is 2. The highest BCUT2D eigenvalue weighted by molar-refractivity contribution is 5.82. The first kappa shape index (κ1) is 21.1. The number of quaternary nitrogens is 1. The second-order valence-electron chi connectivity index (χ2n) is 9.50. The van der Waals surface area contributed by atoms with Crippen LogP contribution in [-0.4, -0.2) is 63.4 Å². The lowest BCUT2D eigenvalue weighted by molar-refractivity contribution is -0.552. The van der Waals surface area contributed by atoms with E-state index in [-0.39, 0.29) is 29.7 Å². The minimum Gasteiger partial charge on any atom is -0.481 e. The van der Waals surface area contributed by atoms with E-state index in [4.69, 9.17) is 9.84 Å². The maximum absolute atomic E-state index is 12.5. The summed E-state index contributed by atoms with van der Waals surface area (Å²) in [5, 5.41) is 22.8. The fourth-order valence-electron chi connectivity index (χ4n) is 5.38. The summed E-state index contributed by atoms with van der Waals surface area (Å²) in [4.78, 5) is 35.3. The lowest BCUT2D eigenvalue weighted by Crippen LogP contribution is -2.64. The van der Waals surface area contributed by atoms with Crippen LogP contribution in [0.3, 0.4) is 0 Å². The zero-order chi connectivity index (χ0) is 21.4. The molecule has 2 amide bonds. The van der Waals surface area contributed by atoms with Crippen molar-refractivity contribution in [2.24, 2.45) is 23.7 Å². The van der Waals surface area contributed by atoms with E-state index in [1.807, 2.05) is 0 Å². The van der Waals surface area contributed by atoms with Gasteiger partial charge in [-0.2, -0.15) is 4.58 Å². The molecule has 3 saturated carbocycles. The summed E-state index contributed by atoms with van der Waals surface area (Å²) in [5.74, 6) is 0.290. The van der Waals surface area contributed by atoms with E-state index in [9.17, 15) is 19.5 Å². The van der Waals surface area contributed by atoms with E-state index in [0.29, 0.717) is 44.1 Å². The third-order valence-corrected chi connectivity index (χ3v) is 7.30. The number of carbonyl (C=O) groups is 3. The standard InChI is InChI=1S/C21H31N3O6/c22-18(25)17-5-2-6-24(17)19(26)16(4-1-3-11-10-15(11)20(27)28)23-21(29)30-14-8-12-7-13(12)9-14/h11-17H,1-10H2,(H4,22,23,25,27,28,29)/p+2/t11-,12?,13?,14?,15+,16+,17+/m1/s1. The Morgan fingerprint density at radius 2 is 1.87 bits per heavy atom. The number of carboxylic acid groups (broad SMARTS) is 1. The summed E-state index contributed by atoms with van der Waals surface area (Å²) in [6, 6.07) is -1.12. The highest BCUT2D eigenvalue weighted by Crippen LogP contribution is 2.52. The number of hydrogen-bond acceptors (Lipinski definition) is 4. The Hall–Kier alpha value is -2.16. The predicted molar refractivity (Wildman–Crippen MR) is 105 cm³/mol. The molecule has 166 valence electrons. The van der Waals surface area contributed by atoms with Gasteiger partial charge in [0.05, 0.1) is 5.92 Å². The van der Waals surface area contributed by atoms with E-state index in [2.05, 4.69) is 11.1 Å². The molecule has 1 saturated heterocycles. The third kappa shape index (κ3) is 4.77. The van der Waals surface area contributed by atoms with Gasteiger partial charge >= 0.3 is 23.9 Å². The third-order valence-electron chi connectivity index (χ3n) is 7.30. The van der Waals surface area contributed by atoms with Crippen LogP contribution in [0.5, 0.6) is 0 Å². The van der Waals surface area contributed by atoms with Crippen molar-refractivity contribution in [1.82, 2.24) is 5.32 Å². The average molecular weight is 424 g/mol. The van der Waals surface area contributed by atoms with Gasteiger partial charge in [-0.3, -0.25) is 10.5 Å². The summed E-state index contributed by atoms with van der Waals surface area (Å²) < 4.78 is 7.21. The molecule has 0 spiro atoms. The Morgan fingerprint density at radius 1 is 1.13 bits per heavy atom. The maximum atomic E-state index is 12.5. The van der Waals surface area contributed by atoms with Gasteiger partial charge in [-0.05, 0) is 56.3 Å². The van der Waals surface area contributed by atoms with Crippen LogP contribution in [0.15, 0.2) is 0 Å². The van der Waals surface area contributed by atoms with Gasteiger partial charge in [0.1, 0.15) is 12.6 Å². The summed E-state index contributed by atoms with van der Waals surface area (Å²) in [6.45, 7) is 0.542. The van der Waals surface area contributed by atoms with Crippen molar-refractivity contribution < 1.29 is 39.6 Å². The van der Waals surface area contributed by atoms with Crippen molar-refractivity contribution in [2.45, 2.75) is 76.0 Å². The quantitative estimate of drug-likeness (QED) is 0.317. The average Bonchev–Trinajstić information content (AvgIpc) is 3.51. The summed E-state index contributed by atoms with van der Waals surface area (Å²) in [7, 11) is 0. The van der Waals surface area contributed by atoms with Crippen LogP contribution < -0.4 is 11.1 Å². The fourth-order valence-corrected chi connectivity index (χ4v) is 5.38. The topological polar surface area (TPSA) is 144 Å². The summed E-state index contributed by atoms with van der Waals surface area (Å²) >= 11 is 0. The molecule has 30 heavy (non-hydrogen) atoms. The zero-order valence-electron chi connectivity index (χ0n) is 17.3. The van der Waals surface area contributed by atoms with Gasteiger partial charge in [-0.25, -0.2) is 9.59 Å². The molecule has 1 aliphatic heterocycles. The number of hydrogen-bond donors (Lipinski definition) is 4. The normalized spacial score (nSPS) is 36.6. The molecule has 0 bridgehead atoms. The first-order valence-corrected chi connectivity index (χ1v) is 11.2. The molecule has 4 fully saturated rings. The van der Waals surface area contributed by atoms with E-state index < -0.39 is 24.1 Å². The number of aliphatic carboxylic acids is 1. The van der Waals surface area contributed by atoms with Crippen LogP contribution in [-0.2, 0) is 14.3 Å². The Bertz CT molecular complexity index is 743. The maximum Gasteiger partial charge on any atom is 0.408 e.